The lowest BCUT2D eigenvalue weighted by molar-refractivity contribution is -0.384. The molecule has 88 valence electrons. The van der Waals surface area contributed by atoms with E-state index in [-0.39, 0.29) is 5.69 Å². The van der Waals surface area contributed by atoms with Crippen molar-refractivity contribution in [2.45, 2.75) is 13.3 Å². The molecule has 0 aliphatic rings. The number of fused-ring (bicyclic) bond motifs is 1. The van der Waals surface area contributed by atoms with Crippen molar-refractivity contribution in [2.75, 3.05) is 5.43 Å². The number of nitrogens with two attached hydrogens (primary N) is 1. The summed E-state index contributed by atoms with van der Waals surface area (Å²) < 4.78 is 0. The van der Waals surface area contributed by atoms with Gasteiger partial charge in [0.2, 0.25) is 0 Å². The number of nitro benzene ring substituents is 1. The maximum absolute atomic E-state index is 10.7. The summed E-state index contributed by atoms with van der Waals surface area (Å²) in [5, 5.41) is 11.4. The highest BCUT2D eigenvalue weighted by Crippen LogP contribution is 2.24. The minimum Gasteiger partial charge on any atom is -0.308 e. The van der Waals surface area contributed by atoms with Crippen molar-refractivity contribution < 1.29 is 4.92 Å². The standard InChI is InChI=1S/C11H12N4O2/c1-2-7-5-8-6-9(15(16)17)3-4-10(8)13-11(7)14-12/h3-6H,2,12H2,1H3,(H,13,14). The molecule has 17 heavy (non-hydrogen) atoms. The van der Waals surface area contributed by atoms with E-state index >= 15 is 0 Å². The van der Waals surface area contributed by atoms with E-state index in [1.54, 1.807) is 6.07 Å². The van der Waals surface area contributed by atoms with Crippen molar-refractivity contribution in [3.05, 3.63) is 39.9 Å². The largest absolute Gasteiger partial charge is 0.308 e. The maximum atomic E-state index is 10.7. The summed E-state index contributed by atoms with van der Waals surface area (Å²) in [6.07, 6.45) is 0.755. The van der Waals surface area contributed by atoms with Gasteiger partial charge in [0.05, 0.1) is 10.4 Å². The second-order valence-electron chi connectivity index (χ2n) is 3.63. The molecule has 0 spiro atoms. The summed E-state index contributed by atoms with van der Waals surface area (Å²) in [6, 6.07) is 6.43. The van der Waals surface area contributed by atoms with Crippen molar-refractivity contribution in [1.82, 2.24) is 4.98 Å². The first kappa shape index (κ1) is 11.3. The minimum absolute atomic E-state index is 0.0646. The van der Waals surface area contributed by atoms with Crippen molar-refractivity contribution in [2.24, 2.45) is 5.84 Å². The zero-order chi connectivity index (χ0) is 12.4. The molecule has 3 N–H and O–H groups in total. The van der Waals surface area contributed by atoms with Crippen molar-refractivity contribution in [3.8, 4) is 0 Å². The lowest BCUT2D eigenvalue weighted by Gasteiger charge is -2.07. The van der Waals surface area contributed by atoms with E-state index in [4.69, 9.17) is 5.84 Å². The molecule has 0 aliphatic heterocycles. The number of hydrogen-bond donors (Lipinski definition) is 2. The number of pyridine rings is 1. The maximum Gasteiger partial charge on any atom is 0.270 e. The molecule has 0 radical (unpaired) electrons. The van der Waals surface area contributed by atoms with Gasteiger partial charge in [0.25, 0.3) is 5.69 Å². The van der Waals surface area contributed by atoms with Crippen LogP contribution in [0.3, 0.4) is 0 Å². The molecule has 0 saturated heterocycles. The Morgan fingerprint density at radius 3 is 2.82 bits per heavy atom. The highest BCUT2D eigenvalue weighted by Gasteiger charge is 2.09. The Morgan fingerprint density at radius 2 is 2.24 bits per heavy atom. The van der Waals surface area contributed by atoms with Gasteiger partial charge < -0.3 is 5.43 Å². The monoisotopic (exact) mass is 232 g/mol. The molecular weight excluding hydrogens is 220 g/mol. The van der Waals surface area contributed by atoms with Gasteiger partial charge in [0, 0.05) is 17.5 Å². The number of nitrogens with one attached hydrogen (secondary N) is 1. The van der Waals surface area contributed by atoms with Gasteiger partial charge in [-0.3, -0.25) is 10.1 Å². The molecule has 0 atom stereocenters. The van der Waals surface area contributed by atoms with Crippen LogP contribution in [0.15, 0.2) is 24.3 Å². The number of aromatic nitrogens is 1. The second kappa shape index (κ2) is 4.34. The van der Waals surface area contributed by atoms with E-state index in [1.807, 2.05) is 13.0 Å². The van der Waals surface area contributed by atoms with Gasteiger partial charge in [-0.2, -0.15) is 0 Å². The van der Waals surface area contributed by atoms with Gasteiger partial charge >= 0.3 is 0 Å². The van der Waals surface area contributed by atoms with Gasteiger partial charge in [-0.15, -0.1) is 0 Å². The Labute approximate surface area is 97.6 Å². The average Bonchev–Trinajstić information content (AvgIpc) is 2.36. The van der Waals surface area contributed by atoms with Gasteiger partial charge in [-0.05, 0) is 24.1 Å². The zero-order valence-corrected chi connectivity index (χ0v) is 9.30. The van der Waals surface area contributed by atoms with E-state index in [0.29, 0.717) is 11.3 Å². The molecule has 0 unspecified atom stereocenters. The highest BCUT2D eigenvalue weighted by atomic mass is 16.6. The number of benzene rings is 1. The van der Waals surface area contributed by atoms with Crippen LogP contribution in [0.2, 0.25) is 0 Å². The van der Waals surface area contributed by atoms with E-state index in [0.717, 1.165) is 17.4 Å². The Kier molecular flexibility index (Phi) is 2.88. The third-order valence-corrected chi connectivity index (χ3v) is 2.61. The Bertz CT molecular complexity index is 583. The zero-order valence-electron chi connectivity index (χ0n) is 9.30. The van der Waals surface area contributed by atoms with E-state index in [2.05, 4.69) is 10.4 Å². The number of nitro groups is 1. The van der Waals surface area contributed by atoms with Gasteiger partial charge in [-0.25, -0.2) is 10.8 Å². The Morgan fingerprint density at radius 1 is 1.47 bits per heavy atom. The fourth-order valence-corrected chi connectivity index (χ4v) is 1.72. The average molecular weight is 232 g/mol. The second-order valence-corrected chi connectivity index (χ2v) is 3.63. The van der Waals surface area contributed by atoms with E-state index in [9.17, 15) is 10.1 Å². The lowest BCUT2D eigenvalue weighted by atomic mass is 10.1. The quantitative estimate of drug-likeness (QED) is 0.479. The third-order valence-electron chi connectivity index (χ3n) is 2.61. The van der Waals surface area contributed by atoms with Crippen molar-refractivity contribution in [3.63, 3.8) is 0 Å². The van der Waals surface area contributed by atoms with Gasteiger partial charge in [0.15, 0.2) is 0 Å². The topological polar surface area (TPSA) is 94.1 Å². The first-order chi connectivity index (χ1) is 8.15. The third kappa shape index (κ3) is 2.02. The summed E-state index contributed by atoms with van der Waals surface area (Å²) in [7, 11) is 0. The predicted octanol–water partition coefficient (Wildman–Crippen LogP) is 1.99. The number of aryl methyl sites for hydroxylation is 1. The van der Waals surface area contributed by atoms with Crippen LogP contribution in [0.4, 0.5) is 11.5 Å². The Balaban J connectivity index is 2.66. The molecule has 2 rings (SSSR count). The first-order valence-corrected chi connectivity index (χ1v) is 5.20. The fraction of sp³-hybridized carbons (Fsp3) is 0.182. The normalized spacial score (nSPS) is 10.5. The summed E-state index contributed by atoms with van der Waals surface area (Å²) in [6.45, 7) is 1.97. The van der Waals surface area contributed by atoms with Crippen LogP contribution >= 0.6 is 0 Å². The molecule has 0 saturated carbocycles. The fourth-order valence-electron chi connectivity index (χ4n) is 1.72. The molecule has 1 heterocycles. The van der Waals surface area contributed by atoms with E-state index < -0.39 is 4.92 Å². The lowest BCUT2D eigenvalue weighted by Crippen LogP contribution is -2.11. The van der Waals surface area contributed by atoms with Crippen LogP contribution in [0.5, 0.6) is 0 Å². The molecule has 1 aromatic heterocycles. The summed E-state index contributed by atoms with van der Waals surface area (Å²) in [5.74, 6) is 5.98. The number of nitrogens with zero attached hydrogens (tertiary/aromatic N) is 2. The summed E-state index contributed by atoms with van der Waals surface area (Å²) in [5.41, 5.74) is 4.21. The molecule has 2 aromatic rings. The number of anilines is 1. The minimum atomic E-state index is -0.417. The van der Waals surface area contributed by atoms with Crippen LogP contribution in [0.25, 0.3) is 10.9 Å². The molecule has 6 heteroatoms. The predicted molar refractivity (Wildman–Crippen MR) is 65.6 cm³/mol. The van der Waals surface area contributed by atoms with Crippen LogP contribution in [-0.4, -0.2) is 9.91 Å². The first-order valence-electron chi connectivity index (χ1n) is 5.20. The molecule has 6 nitrogen and oxygen atoms in total. The molecule has 0 fully saturated rings. The van der Waals surface area contributed by atoms with Crippen LogP contribution in [0.1, 0.15) is 12.5 Å². The van der Waals surface area contributed by atoms with Crippen molar-refractivity contribution >= 4 is 22.4 Å². The summed E-state index contributed by atoms with van der Waals surface area (Å²) >= 11 is 0. The molecular formula is C11H12N4O2. The number of non-ortho nitro benzene ring substituents is 1. The van der Waals surface area contributed by atoms with Gasteiger partial charge in [0.1, 0.15) is 5.82 Å². The molecule has 0 aliphatic carbocycles. The molecule has 0 amide bonds. The van der Waals surface area contributed by atoms with E-state index in [1.165, 1.54) is 12.1 Å². The van der Waals surface area contributed by atoms with Crippen LogP contribution in [0, 0.1) is 10.1 Å². The number of hydrazine groups is 1. The number of hydrogen-bond acceptors (Lipinski definition) is 5. The highest BCUT2D eigenvalue weighted by molar-refractivity contribution is 5.83. The number of rotatable bonds is 3. The Hall–Kier alpha value is -2.21. The molecule has 0 bridgehead atoms. The SMILES string of the molecule is CCc1cc2cc([N+](=O)[O-])ccc2nc1NN. The summed E-state index contributed by atoms with van der Waals surface area (Å²) in [4.78, 5) is 14.6. The number of nitrogen functional groups attached to an aromatic ring is 1. The smallest absolute Gasteiger partial charge is 0.270 e. The van der Waals surface area contributed by atoms with Crippen LogP contribution < -0.4 is 11.3 Å². The molecule has 1 aromatic carbocycles. The van der Waals surface area contributed by atoms with Crippen LogP contribution in [-0.2, 0) is 6.42 Å². The van der Waals surface area contributed by atoms with Crippen molar-refractivity contribution in [1.29, 1.82) is 0 Å². The van der Waals surface area contributed by atoms with Gasteiger partial charge in [-0.1, -0.05) is 6.92 Å².